The van der Waals surface area contributed by atoms with Gasteiger partial charge in [-0.05, 0) is 66.3 Å². The summed E-state index contributed by atoms with van der Waals surface area (Å²) in [5, 5.41) is 25.2. The molecule has 0 radical (unpaired) electrons. The lowest BCUT2D eigenvalue weighted by Crippen LogP contribution is -2.42. The molecule has 1 saturated heterocycles. The Bertz CT molecular complexity index is 1840. The van der Waals surface area contributed by atoms with Crippen molar-refractivity contribution in [3.63, 3.8) is 0 Å². The summed E-state index contributed by atoms with van der Waals surface area (Å²) in [4.78, 5) is 79.8. The van der Waals surface area contributed by atoms with Crippen molar-refractivity contribution < 1.29 is 39.0 Å². The Kier molecular flexibility index (Phi) is 12.1. The van der Waals surface area contributed by atoms with Crippen LogP contribution in [0.3, 0.4) is 0 Å². The first-order chi connectivity index (χ1) is 24.9. The molecule has 2 fully saturated rings. The Morgan fingerprint density at radius 2 is 1.56 bits per heavy atom. The molecular weight excluding hydrogens is 688 g/mol. The van der Waals surface area contributed by atoms with Crippen LogP contribution in [-0.2, 0) is 35.2 Å². The van der Waals surface area contributed by atoms with Gasteiger partial charge in [-0.1, -0.05) is 79.0 Å². The number of nitrogens with zero attached hydrogens (tertiary/aromatic N) is 2. The summed E-state index contributed by atoms with van der Waals surface area (Å²) in [6.45, 7) is 1.70. The van der Waals surface area contributed by atoms with E-state index in [4.69, 9.17) is 11.6 Å². The molecule has 13 heteroatoms. The van der Waals surface area contributed by atoms with Crippen molar-refractivity contribution in [2.75, 3.05) is 11.4 Å². The van der Waals surface area contributed by atoms with Gasteiger partial charge in [-0.2, -0.15) is 0 Å². The molecular formula is C39H41ClN4O8. The van der Waals surface area contributed by atoms with E-state index < -0.39 is 47.8 Å². The van der Waals surface area contributed by atoms with Crippen LogP contribution in [0.15, 0.2) is 84.6 Å². The zero-order valence-corrected chi connectivity index (χ0v) is 29.5. The normalized spacial score (nSPS) is 18.3. The van der Waals surface area contributed by atoms with Gasteiger partial charge in [0.05, 0.1) is 11.8 Å². The molecule has 0 bridgehead atoms. The molecule has 0 aromatic heterocycles. The van der Waals surface area contributed by atoms with E-state index in [9.17, 15) is 39.0 Å². The molecule has 2 aliphatic rings. The molecule has 2 atom stereocenters. The van der Waals surface area contributed by atoms with Gasteiger partial charge < -0.3 is 25.7 Å². The Hall–Kier alpha value is -5.49. The van der Waals surface area contributed by atoms with Crippen molar-refractivity contribution in [3.8, 4) is 0 Å². The van der Waals surface area contributed by atoms with E-state index in [1.807, 2.05) is 6.07 Å². The summed E-state index contributed by atoms with van der Waals surface area (Å²) in [5.41, 5.74) is 1.15. The standard InChI is InChI=1S/C39H41ClN4O8/c1-25(45)41-22-21-39(19-5-6-20-39)38(52)42-31(37(50)51)23-26-11-15-30(16-12-26)43-35(28-7-3-2-4-8-28)44(33(46)17-18-34(47)48)32(36(43)49)24-27-9-13-29(40)14-10-27/h2-4,7-16,23,32,35H,5-6,17-22,24H2,1H3,(H,41,45)(H,42,52)(H,47,48)(H,50,51). The number of rotatable bonds is 14. The van der Waals surface area contributed by atoms with Gasteiger partial charge in [0.15, 0.2) is 0 Å². The average molecular weight is 729 g/mol. The first-order valence-electron chi connectivity index (χ1n) is 17.1. The van der Waals surface area contributed by atoms with E-state index in [-0.39, 0.29) is 30.4 Å². The lowest BCUT2D eigenvalue weighted by Gasteiger charge is -2.32. The fourth-order valence-electron chi connectivity index (χ4n) is 7.00. The van der Waals surface area contributed by atoms with Crippen LogP contribution in [0.25, 0.3) is 6.08 Å². The molecule has 3 aromatic carbocycles. The number of amides is 4. The molecule has 1 heterocycles. The van der Waals surface area contributed by atoms with Crippen LogP contribution in [-0.4, -0.2) is 63.3 Å². The van der Waals surface area contributed by atoms with E-state index in [1.54, 1.807) is 72.8 Å². The number of benzene rings is 3. The van der Waals surface area contributed by atoms with Gasteiger partial charge in [0.1, 0.15) is 17.9 Å². The molecule has 1 saturated carbocycles. The minimum absolute atomic E-state index is 0.156. The largest absolute Gasteiger partial charge is 0.481 e. The van der Waals surface area contributed by atoms with Crippen molar-refractivity contribution in [3.05, 3.63) is 106 Å². The molecule has 2 unspecified atom stereocenters. The van der Waals surface area contributed by atoms with Crippen molar-refractivity contribution in [2.24, 2.45) is 5.41 Å². The summed E-state index contributed by atoms with van der Waals surface area (Å²) in [7, 11) is 0. The van der Waals surface area contributed by atoms with Gasteiger partial charge in [-0.15, -0.1) is 0 Å². The van der Waals surface area contributed by atoms with E-state index in [0.29, 0.717) is 47.6 Å². The number of aliphatic carboxylic acids is 2. The zero-order valence-electron chi connectivity index (χ0n) is 28.7. The third-order valence-electron chi connectivity index (χ3n) is 9.63. The van der Waals surface area contributed by atoms with E-state index >= 15 is 0 Å². The molecule has 0 spiro atoms. The fraction of sp³-hybridized carbons (Fsp3) is 0.333. The number of nitrogens with one attached hydrogen (secondary N) is 2. The quantitative estimate of drug-likeness (QED) is 0.162. The van der Waals surface area contributed by atoms with Crippen LogP contribution in [0.5, 0.6) is 0 Å². The van der Waals surface area contributed by atoms with Crippen molar-refractivity contribution in [1.29, 1.82) is 0 Å². The predicted octanol–water partition coefficient (Wildman–Crippen LogP) is 5.32. The summed E-state index contributed by atoms with van der Waals surface area (Å²) < 4.78 is 0. The summed E-state index contributed by atoms with van der Waals surface area (Å²) in [6, 6.07) is 21.4. The fourth-order valence-corrected chi connectivity index (χ4v) is 7.13. The number of hydrogen-bond acceptors (Lipinski definition) is 6. The second-order valence-corrected chi connectivity index (χ2v) is 13.6. The predicted molar refractivity (Wildman–Crippen MR) is 194 cm³/mol. The van der Waals surface area contributed by atoms with Crippen LogP contribution >= 0.6 is 11.6 Å². The van der Waals surface area contributed by atoms with Gasteiger partial charge in [-0.3, -0.25) is 28.9 Å². The number of carbonyl (C=O) groups excluding carboxylic acids is 4. The number of anilines is 1. The topological polar surface area (TPSA) is 173 Å². The lowest BCUT2D eigenvalue weighted by molar-refractivity contribution is -0.142. The van der Waals surface area contributed by atoms with Crippen LogP contribution in [0.1, 0.15) is 74.7 Å². The summed E-state index contributed by atoms with van der Waals surface area (Å²) in [5.74, 6) is -3.95. The van der Waals surface area contributed by atoms with Crippen molar-refractivity contribution in [1.82, 2.24) is 15.5 Å². The van der Waals surface area contributed by atoms with Crippen molar-refractivity contribution >= 4 is 58.9 Å². The van der Waals surface area contributed by atoms with Crippen LogP contribution in [0, 0.1) is 5.41 Å². The number of carboxylic acids is 2. The van der Waals surface area contributed by atoms with Gasteiger partial charge in [-0.25, -0.2) is 4.79 Å². The first-order valence-corrected chi connectivity index (χ1v) is 17.5. The molecule has 3 aromatic rings. The SMILES string of the molecule is CC(=O)NCCC1(C(=O)NC(=Cc2ccc(N3C(=O)C(Cc4ccc(Cl)cc4)N(C(=O)CCC(=O)O)C3c3ccccc3)cc2)C(=O)O)CCCC1. The van der Waals surface area contributed by atoms with Crippen molar-refractivity contribution in [2.45, 2.75) is 70.5 Å². The number of carbonyl (C=O) groups is 6. The Morgan fingerprint density at radius 1 is 0.904 bits per heavy atom. The molecule has 1 aliphatic heterocycles. The van der Waals surface area contributed by atoms with Gasteiger partial charge >= 0.3 is 11.9 Å². The molecule has 1 aliphatic carbocycles. The highest BCUT2D eigenvalue weighted by Gasteiger charge is 2.49. The van der Waals surface area contributed by atoms with Crippen LogP contribution in [0.2, 0.25) is 5.02 Å². The third kappa shape index (κ3) is 8.86. The summed E-state index contributed by atoms with van der Waals surface area (Å²) in [6.07, 6.45) is 3.09. The maximum atomic E-state index is 14.4. The minimum atomic E-state index is -1.33. The van der Waals surface area contributed by atoms with Gasteiger partial charge in [0.25, 0.3) is 5.91 Å². The number of halogens is 1. The lowest BCUT2D eigenvalue weighted by atomic mass is 9.81. The highest BCUT2D eigenvalue weighted by molar-refractivity contribution is 6.30. The average Bonchev–Trinajstić information content (AvgIpc) is 3.71. The Morgan fingerprint density at radius 3 is 2.15 bits per heavy atom. The van der Waals surface area contributed by atoms with Crippen LogP contribution < -0.4 is 15.5 Å². The highest BCUT2D eigenvalue weighted by atomic mass is 35.5. The second-order valence-electron chi connectivity index (χ2n) is 13.2. The minimum Gasteiger partial charge on any atom is -0.481 e. The molecule has 4 N–H and O–H groups in total. The Labute approximate surface area is 306 Å². The smallest absolute Gasteiger partial charge is 0.352 e. The van der Waals surface area contributed by atoms with Gasteiger partial charge in [0, 0.05) is 37.0 Å². The molecule has 5 rings (SSSR count). The van der Waals surface area contributed by atoms with E-state index in [0.717, 1.165) is 18.4 Å². The molecule has 4 amide bonds. The third-order valence-corrected chi connectivity index (χ3v) is 9.88. The molecule has 52 heavy (non-hydrogen) atoms. The first kappa shape index (κ1) is 37.8. The molecule has 12 nitrogen and oxygen atoms in total. The Balaban J connectivity index is 1.46. The zero-order chi connectivity index (χ0) is 37.4. The maximum absolute atomic E-state index is 14.4. The van der Waals surface area contributed by atoms with Crippen LogP contribution in [0.4, 0.5) is 5.69 Å². The number of carboxylic acid groups (broad SMARTS) is 2. The summed E-state index contributed by atoms with van der Waals surface area (Å²) >= 11 is 6.10. The van der Waals surface area contributed by atoms with E-state index in [1.165, 1.54) is 22.8 Å². The highest BCUT2D eigenvalue weighted by Crippen LogP contribution is 2.42. The van der Waals surface area contributed by atoms with Gasteiger partial charge in [0.2, 0.25) is 17.7 Å². The second kappa shape index (κ2) is 16.7. The monoisotopic (exact) mass is 728 g/mol. The van der Waals surface area contributed by atoms with E-state index in [2.05, 4.69) is 10.6 Å². The maximum Gasteiger partial charge on any atom is 0.352 e. The number of hydrogen-bond donors (Lipinski definition) is 4. The molecule has 272 valence electrons.